The van der Waals surface area contributed by atoms with Gasteiger partial charge in [0.05, 0.1) is 3.57 Å². The zero-order chi connectivity index (χ0) is 22.9. The Morgan fingerprint density at radius 3 is 1.58 bits per heavy atom. The molecule has 33 heavy (non-hydrogen) atoms. The van der Waals surface area contributed by atoms with E-state index in [1.165, 1.54) is 0 Å². The van der Waals surface area contributed by atoms with Crippen LogP contribution in [0.5, 0.6) is 11.5 Å². The van der Waals surface area contributed by atoms with Gasteiger partial charge in [0.2, 0.25) is 0 Å². The molecule has 5 heteroatoms. The smallest absolute Gasteiger partial charge is 0.342 e. The topological polar surface area (TPSA) is 44.8 Å². The van der Waals surface area contributed by atoms with E-state index in [0.717, 1.165) is 20.3 Å². The number of ether oxygens (including phenoxy) is 3. The molecule has 0 saturated carbocycles. The van der Waals surface area contributed by atoms with Crippen LogP contribution in [0.2, 0.25) is 0 Å². The van der Waals surface area contributed by atoms with Crippen molar-refractivity contribution >= 4 is 28.6 Å². The fraction of sp³-hybridized carbons (Fsp3) is 0.107. The summed E-state index contributed by atoms with van der Waals surface area (Å²) < 4.78 is 18.5. The predicted octanol–water partition coefficient (Wildman–Crippen LogP) is 6.81. The SMILES string of the molecule is O=C(OCc1ccccc1)c1cc(I)c(OCc2ccccc2)cc1OCc1ccccc1. The Morgan fingerprint density at radius 2 is 1.06 bits per heavy atom. The first-order chi connectivity index (χ1) is 16.2. The van der Waals surface area contributed by atoms with Crippen LogP contribution in [0.3, 0.4) is 0 Å². The number of rotatable bonds is 9. The molecule has 0 amide bonds. The number of halogens is 1. The molecule has 166 valence electrons. The first-order valence-corrected chi connectivity index (χ1v) is 11.6. The van der Waals surface area contributed by atoms with Crippen molar-refractivity contribution in [1.82, 2.24) is 0 Å². The van der Waals surface area contributed by atoms with Crippen molar-refractivity contribution < 1.29 is 19.0 Å². The highest BCUT2D eigenvalue weighted by atomic mass is 127. The predicted molar refractivity (Wildman–Crippen MR) is 136 cm³/mol. The van der Waals surface area contributed by atoms with Crippen molar-refractivity contribution in [2.75, 3.05) is 0 Å². The lowest BCUT2D eigenvalue weighted by Gasteiger charge is -2.15. The molecule has 0 aliphatic carbocycles. The minimum atomic E-state index is -0.436. The number of hydrogen-bond donors (Lipinski definition) is 0. The van der Waals surface area contributed by atoms with Crippen molar-refractivity contribution in [2.45, 2.75) is 19.8 Å². The van der Waals surface area contributed by atoms with Crippen LogP contribution in [0.4, 0.5) is 0 Å². The fourth-order valence-electron chi connectivity index (χ4n) is 3.20. The molecule has 0 fully saturated rings. The van der Waals surface area contributed by atoms with Crippen molar-refractivity contribution in [3.8, 4) is 11.5 Å². The Bertz CT molecular complexity index is 1180. The van der Waals surface area contributed by atoms with E-state index in [2.05, 4.69) is 22.6 Å². The molecule has 0 radical (unpaired) electrons. The van der Waals surface area contributed by atoms with Gasteiger partial charge in [-0.1, -0.05) is 91.0 Å². The Hall–Kier alpha value is -3.32. The van der Waals surface area contributed by atoms with Crippen molar-refractivity contribution in [3.05, 3.63) is 129 Å². The third-order valence-corrected chi connectivity index (χ3v) is 5.78. The van der Waals surface area contributed by atoms with Crippen LogP contribution in [-0.4, -0.2) is 5.97 Å². The van der Waals surface area contributed by atoms with Gasteiger partial charge in [-0.2, -0.15) is 0 Å². The summed E-state index contributed by atoms with van der Waals surface area (Å²) in [5, 5.41) is 0. The average molecular weight is 550 g/mol. The normalized spacial score (nSPS) is 10.5. The van der Waals surface area contributed by atoms with Crippen LogP contribution >= 0.6 is 22.6 Å². The first kappa shape index (κ1) is 22.9. The Labute approximate surface area is 207 Å². The van der Waals surface area contributed by atoms with Gasteiger partial charge in [0.15, 0.2) is 0 Å². The maximum absolute atomic E-state index is 12.9. The molecule has 0 N–H and O–H groups in total. The van der Waals surface area contributed by atoms with Gasteiger partial charge in [-0.3, -0.25) is 0 Å². The second kappa shape index (κ2) is 11.5. The average Bonchev–Trinajstić information content (AvgIpc) is 2.87. The fourth-order valence-corrected chi connectivity index (χ4v) is 3.82. The number of esters is 1. The third-order valence-electron chi connectivity index (χ3n) is 4.94. The van der Waals surface area contributed by atoms with Crippen molar-refractivity contribution in [2.24, 2.45) is 0 Å². The van der Waals surface area contributed by atoms with Gasteiger partial charge in [-0.25, -0.2) is 4.79 Å². The van der Waals surface area contributed by atoms with Crippen LogP contribution in [0.25, 0.3) is 0 Å². The largest absolute Gasteiger partial charge is 0.488 e. The first-order valence-electron chi connectivity index (χ1n) is 10.6. The molecule has 0 bridgehead atoms. The number of benzene rings is 4. The Balaban J connectivity index is 1.54. The molecular formula is C28H23IO4. The minimum Gasteiger partial charge on any atom is -0.488 e. The zero-order valence-corrected chi connectivity index (χ0v) is 20.1. The number of hydrogen-bond acceptors (Lipinski definition) is 4. The van der Waals surface area contributed by atoms with E-state index in [0.29, 0.717) is 30.3 Å². The monoisotopic (exact) mass is 550 g/mol. The number of carbonyl (C=O) groups is 1. The van der Waals surface area contributed by atoms with Crippen LogP contribution in [0.15, 0.2) is 103 Å². The van der Waals surface area contributed by atoms with Gasteiger partial charge in [-0.15, -0.1) is 0 Å². The summed E-state index contributed by atoms with van der Waals surface area (Å²) in [6, 6.07) is 32.9. The summed E-state index contributed by atoms with van der Waals surface area (Å²) in [5.74, 6) is 0.650. The highest BCUT2D eigenvalue weighted by molar-refractivity contribution is 14.1. The molecule has 0 heterocycles. The second-order valence-corrected chi connectivity index (χ2v) is 8.55. The molecule has 4 rings (SSSR count). The summed E-state index contributed by atoms with van der Waals surface area (Å²) in [6.45, 7) is 0.950. The van der Waals surface area contributed by atoms with Gasteiger partial charge in [0.1, 0.15) is 36.9 Å². The van der Waals surface area contributed by atoms with Crippen LogP contribution in [-0.2, 0) is 24.6 Å². The summed E-state index contributed by atoms with van der Waals surface area (Å²) in [4.78, 5) is 12.9. The van der Waals surface area contributed by atoms with E-state index < -0.39 is 5.97 Å². The highest BCUT2D eigenvalue weighted by Crippen LogP contribution is 2.32. The molecule has 4 aromatic carbocycles. The van der Waals surface area contributed by atoms with E-state index in [9.17, 15) is 4.79 Å². The lowest BCUT2D eigenvalue weighted by Crippen LogP contribution is -2.10. The summed E-state index contributed by atoms with van der Waals surface area (Å²) in [5.41, 5.74) is 3.37. The van der Waals surface area contributed by atoms with Gasteiger partial charge >= 0.3 is 5.97 Å². The molecule has 0 saturated heterocycles. The Morgan fingerprint density at radius 1 is 0.606 bits per heavy atom. The minimum absolute atomic E-state index is 0.195. The molecule has 4 aromatic rings. The van der Waals surface area contributed by atoms with Gasteiger partial charge in [-0.05, 0) is 45.3 Å². The summed E-state index contributed by atoms with van der Waals surface area (Å²) in [7, 11) is 0. The zero-order valence-electron chi connectivity index (χ0n) is 17.9. The van der Waals surface area contributed by atoms with E-state index in [1.54, 1.807) is 12.1 Å². The van der Waals surface area contributed by atoms with Crippen molar-refractivity contribution in [3.63, 3.8) is 0 Å². The molecule has 4 nitrogen and oxygen atoms in total. The van der Waals surface area contributed by atoms with Crippen LogP contribution in [0.1, 0.15) is 27.0 Å². The standard InChI is InChI=1S/C28H23IO4/c29-25-16-24(28(30)33-20-23-14-8-3-9-15-23)26(31-18-21-10-4-1-5-11-21)17-27(25)32-19-22-12-6-2-7-13-22/h1-17H,18-20H2. The lowest BCUT2D eigenvalue weighted by molar-refractivity contribution is 0.0467. The third kappa shape index (κ3) is 6.58. The van der Waals surface area contributed by atoms with Crippen LogP contribution < -0.4 is 9.47 Å². The van der Waals surface area contributed by atoms with Gasteiger partial charge < -0.3 is 14.2 Å². The summed E-state index contributed by atoms with van der Waals surface area (Å²) in [6.07, 6.45) is 0. The molecule has 0 atom stereocenters. The van der Waals surface area contributed by atoms with Gasteiger partial charge in [0, 0.05) is 6.07 Å². The molecule has 0 aromatic heterocycles. The molecule has 0 aliphatic heterocycles. The van der Waals surface area contributed by atoms with E-state index in [-0.39, 0.29) is 6.61 Å². The molecule has 0 spiro atoms. The quantitative estimate of drug-likeness (QED) is 0.170. The van der Waals surface area contributed by atoms with Gasteiger partial charge in [0.25, 0.3) is 0 Å². The molecular weight excluding hydrogens is 527 g/mol. The van der Waals surface area contributed by atoms with E-state index >= 15 is 0 Å². The lowest BCUT2D eigenvalue weighted by atomic mass is 10.1. The maximum Gasteiger partial charge on any atom is 0.342 e. The molecule has 0 unspecified atom stereocenters. The Kier molecular flexibility index (Phi) is 7.98. The van der Waals surface area contributed by atoms with E-state index in [4.69, 9.17) is 14.2 Å². The molecule has 0 aliphatic rings. The second-order valence-electron chi connectivity index (χ2n) is 7.39. The van der Waals surface area contributed by atoms with Crippen LogP contribution in [0, 0.1) is 3.57 Å². The van der Waals surface area contributed by atoms with E-state index in [1.807, 2.05) is 91.0 Å². The maximum atomic E-state index is 12.9. The highest BCUT2D eigenvalue weighted by Gasteiger charge is 2.19. The summed E-state index contributed by atoms with van der Waals surface area (Å²) >= 11 is 2.17. The van der Waals surface area contributed by atoms with Crippen molar-refractivity contribution in [1.29, 1.82) is 0 Å². The number of carbonyl (C=O) groups excluding carboxylic acids is 1.